The van der Waals surface area contributed by atoms with Gasteiger partial charge in [0, 0.05) is 6.20 Å². The third kappa shape index (κ3) is 1.20. The van der Waals surface area contributed by atoms with Crippen molar-refractivity contribution in [3.63, 3.8) is 0 Å². The number of imidazole rings is 1. The van der Waals surface area contributed by atoms with Crippen molar-refractivity contribution in [3.8, 4) is 5.82 Å². The van der Waals surface area contributed by atoms with Crippen LogP contribution in [0.2, 0.25) is 0 Å². The molecule has 6 nitrogen and oxygen atoms in total. The monoisotopic (exact) mass is 212 g/mol. The van der Waals surface area contributed by atoms with Crippen LogP contribution in [0.1, 0.15) is 0 Å². The molecule has 3 rings (SSSR count). The first kappa shape index (κ1) is 8.78. The molecule has 0 fully saturated rings. The molecule has 0 saturated heterocycles. The first-order chi connectivity index (χ1) is 7.86. The number of nitrogens with zero attached hydrogens (tertiary/aromatic N) is 5. The lowest BCUT2D eigenvalue weighted by molar-refractivity contribution is 1.00. The molecule has 2 N–H and O–H groups in total. The number of hydrogen-bond acceptors (Lipinski definition) is 5. The fourth-order valence-corrected chi connectivity index (χ4v) is 1.52. The highest BCUT2D eigenvalue weighted by Crippen LogP contribution is 2.16. The summed E-state index contributed by atoms with van der Waals surface area (Å²) >= 11 is 0. The van der Waals surface area contributed by atoms with Gasteiger partial charge in [0.25, 0.3) is 0 Å². The smallest absolute Gasteiger partial charge is 0.171 e. The molecule has 0 aromatic carbocycles. The molecule has 0 aliphatic rings. The van der Waals surface area contributed by atoms with E-state index in [0.717, 1.165) is 5.82 Å². The lowest BCUT2D eigenvalue weighted by Gasteiger charge is -2.01. The average molecular weight is 212 g/mol. The van der Waals surface area contributed by atoms with Gasteiger partial charge in [-0.2, -0.15) is 0 Å². The largest absolute Gasteiger partial charge is 0.382 e. The molecular weight excluding hydrogens is 204 g/mol. The van der Waals surface area contributed by atoms with Gasteiger partial charge in [-0.05, 0) is 12.1 Å². The predicted octanol–water partition coefficient (Wildman–Crippen LogP) is 0.793. The van der Waals surface area contributed by atoms with Crippen LogP contribution >= 0.6 is 0 Å². The van der Waals surface area contributed by atoms with Crippen molar-refractivity contribution in [2.45, 2.75) is 0 Å². The molecule has 3 aromatic rings. The molecule has 0 spiro atoms. The standard InChI is InChI=1S/C10H8N6/c11-9-8-10(14-5-13-9)16(6-15-8)7-3-1-2-4-12-7/h1-6H,(H2,11,13,14). The van der Waals surface area contributed by atoms with Crippen LogP contribution in [-0.2, 0) is 0 Å². The van der Waals surface area contributed by atoms with Crippen molar-refractivity contribution in [1.29, 1.82) is 0 Å². The normalized spacial score (nSPS) is 10.8. The number of rotatable bonds is 1. The van der Waals surface area contributed by atoms with Crippen molar-refractivity contribution in [2.75, 3.05) is 5.73 Å². The molecule has 6 heteroatoms. The molecule has 0 aliphatic heterocycles. The minimum Gasteiger partial charge on any atom is -0.382 e. The van der Waals surface area contributed by atoms with E-state index in [4.69, 9.17) is 5.73 Å². The molecule has 0 unspecified atom stereocenters. The van der Waals surface area contributed by atoms with E-state index in [-0.39, 0.29) is 0 Å². The minimum absolute atomic E-state index is 0.375. The molecule has 3 aromatic heterocycles. The minimum atomic E-state index is 0.375. The molecular formula is C10H8N6. The Hall–Kier alpha value is -2.50. The Morgan fingerprint density at radius 3 is 2.81 bits per heavy atom. The summed E-state index contributed by atoms with van der Waals surface area (Å²) in [4.78, 5) is 16.4. The number of hydrogen-bond donors (Lipinski definition) is 1. The van der Waals surface area contributed by atoms with Gasteiger partial charge in [0.1, 0.15) is 18.5 Å². The van der Waals surface area contributed by atoms with Gasteiger partial charge in [0.15, 0.2) is 17.0 Å². The molecule has 16 heavy (non-hydrogen) atoms. The Bertz CT molecular complexity index is 630. The van der Waals surface area contributed by atoms with Crippen LogP contribution in [0.5, 0.6) is 0 Å². The van der Waals surface area contributed by atoms with Gasteiger partial charge in [-0.25, -0.2) is 19.9 Å². The Labute approximate surface area is 90.8 Å². The molecule has 78 valence electrons. The summed E-state index contributed by atoms with van der Waals surface area (Å²) in [6, 6.07) is 5.63. The number of anilines is 1. The molecule has 0 aliphatic carbocycles. The van der Waals surface area contributed by atoms with E-state index in [1.165, 1.54) is 6.33 Å². The molecule has 3 heterocycles. The van der Waals surface area contributed by atoms with Gasteiger partial charge in [0.2, 0.25) is 0 Å². The van der Waals surface area contributed by atoms with Gasteiger partial charge < -0.3 is 5.73 Å². The first-order valence-corrected chi connectivity index (χ1v) is 4.71. The average Bonchev–Trinajstić information content (AvgIpc) is 2.75. The van der Waals surface area contributed by atoms with Gasteiger partial charge in [-0.1, -0.05) is 6.07 Å². The molecule has 0 saturated carbocycles. The first-order valence-electron chi connectivity index (χ1n) is 4.71. The maximum atomic E-state index is 5.70. The summed E-state index contributed by atoms with van der Waals surface area (Å²) in [7, 11) is 0. The van der Waals surface area contributed by atoms with Crippen LogP contribution in [0, 0.1) is 0 Å². The summed E-state index contributed by atoms with van der Waals surface area (Å²) < 4.78 is 1.77. The van der Waals surface area contributed by atoms with Gasteiger partial charge in [-0.15, -0.1) is 0 Å². The maximum absolute atomic E-state index is 5.70. The molecule has 0 bridgehead atoms. The predicted molar refractivity (Wildman–Crippen MR) is 58.9 cm³/mol. The fraction of sp³-hybridized carbons (Fsp3) is 0. The SMILES string of the molecule is Nc1ncnc2c1ncn2-c1ccccn1. The highest BCUT2D eigenvalue weighted by Gasteiger charge is 2.08. The number of nitrogen functional groups attached to an aromatic ring is 1. The Balaban J connectivity index is 2.30. The second-order valence-electron chi connectivity index (χ2n) is 3.23. The number of fused-ring (bicyclic) bond motifs is 1. The topological polar surface area (TPSA) is 82.5 Å². The molecule has 0 radical (unpaired) electrons. The van der Waals surface area contributed by atoms with E-state index in [2.05, 4.69) is 19.9 Å². The zero-order valence-corrected chi connectivity index (χ0v) is 8.28. The van der Waals surface area contributed by atoms with Crippen LogP contribution in [0.25, 0.3) is 17.0 Å². The van der Waals surface area contributed by atoms with E-state index in [1.807, 2.05) is 18.2 Å². The highest BCUT2D eigenvalue weighted by molar-refractivity contribution is 5.82. The quantitative estimate of drug-likeness (QED) is 0.644. The van der Waals surface area contributed by atoms with E-state index >= 15 is 0 Å². The van der Waals surface area contributed by atoms with Crippen molar-refractivity contribution >= 4 is 17.0 Å². The van der Waals surface area contributed by atoms with Crippen molar-refractivity contribution in [3.05, 3.63) is 37.1 Å². The summed E-state index contributed by atoms with van der Waals surface area (Å²) in [5.41, 5.74) is 6.95. The number of pyridine rings is 1. The Kier molecular flexibility index (Phi) is 1.79. The number of aromatic nitrogens is 5. The van der Waals surface area contributed by atoms with Gasteiger partial charge >= 0.3 is 0 Å². The second kappa shape index (κ2) is 3.27. The fourth-order valence-electron chi connectivity index (χ4n) is 1.52. The number of nitrogens with two attached hydrogens (primary N) is 1. The zero-order chi connectivity index (χ0) is 11.0. The van der Waals surface area contributed by atoms with E-state index < -0.39 is 0 Å². The highest BCUT2D eigenvalue weighted by atomic mass is 15.2. The third-order valence-electron chi connectivity index (χ3n) is 2.26. The second-order valence-corrected chi connectivity index (χ2v) is 3.23. The summed E-state index contributed by atoms with van der Waals surface area (Å²) in [6.45, 7) is 0. The van der Waals surface area contributed by atoms with Crippen molar-refractivity contribution in [2.24, 2.45) is 0 Å². The van der Waals surface area contributed by atoms with E-state index in [0.29, 0.717) is 17.0 Å². The van der Waals surface area contributed by atoms with Gasteiger partial charge in [0.05, 0.1) is 0 Å². The summed E-state index contributed by atoms with van der Waals surface area (Å²) in [6.07, 6.45) is 4.77. The third-order valence-corrected chi connectivity index (χ3v) is 2.26. The maximum Gasteiger partial charge on any atom is 0.171 e. The van der Waals surface area contributed by atoms with Gasteiger partial charge in [-0.3, -0.25) is 4.57 Å². The Morgan fingerprint density at radius 2 is 2.00 bits per heavy atom. The van der Waals surface area contributed by atoms with Crippen LogP contribution in [0.15, 0.2) is 37.1 Å². The summed E-state index contributed by atoms with van der Waals surface area (Å²) in [5, 5.41) is 0. The van der Waals surface area contributed by atoms with E-state index in [1.54, 1.807) is 17.1 Å². The lowest BCUT2D eigenvalue weighted by Crippen LogP contribution is -1.98. The van der Waals surface area contributed by atoms with Crippen molar-refractivity contribution in [1.82, 2.24) is 24.5 Å². The van der Waals surface area contributed by atoms with Crippen LogP contribution < -0.4 is 5.73 Å². The van der Waals surface area contributed by atoms with Crippen molar-refractivity contribution < 1.29 is 0 Å². The molecule has 0 atom stereocenters. The summed E-state index contributed by atoms with van der Waals surface area (Å²) in [5.74, 6) is 1.13. The Morgan fingerprint density at radius 1 is 1.06 bits per heavy atom. The van der Waals surface area contributed by atoms with Crippen LogP contribution in [0.4, 0.5) is 5.82 Å². The van der Waals surface area contributed by atoms with E-state index in [9.17, 15) is 0 Å². The van der Waals surface area contributed by atoms with Crippen LogP contribution in [0.3, 0.4) is 0 Å². The lowest BCUT2D eigenvalue weighted by atomic mass is 10.4. The zero-order valence-electron chi connectivity index (χ0n) is 8.28. The van der Waals surface area contributed by atoms with Crippen LogP contribution in [-0.4, -0.2) is 24.5 Å². The molecule has 0 amide bonds.